The Hall–Kier alpha value is -2.78. The topological polar surface area (TPSA) is 173 Å². The van der Waals surface area contributed by atoms with Crippen LogP contribution in [-0.4, -0.2) is 50.2 Å². The van der Waals surface area contributed by atoms with Crippen LogP contribution in [0.1, 0.15) is 44.9 Å². The highest BCUT2D eigenvalue weighted by Crippen LogP contribution is 2.63. The second-order valence-electron chi connectivity index (χ2n) is 7.71. The first-order chi connectivity index (χ1) is 13.3. The number of carbonyl (C=O) groups is 2. The van der Waals surface area contributed by atoms with E-state index in [0.29, 0.717) is 25.7 Å². The van der Waals surface area contributed by atoms with Crippen LogP contribution in [0.25, 0.3) is 0 Å². The van der Waals surface area contributed by atoms with Gasteiger partial charge in [-0.3, -0.25) is 9.59 Å². The predicted octanol–water partition coefficient (Wildman–Crippen LogP) is 1.20. The maximum Gasteiger partial charge on any atom is 0.306 e. The van der Waals surface area contributed by atoms with E-state index in [1.807, 2.05) is 0 Å². The Morgan fingerprint density at radius 2 is 1.43 bits per heavy atom. The summed E-state index contributed by atoms with van der Waals surface area (Å²) < 4.78 is 0. The molecule has 4 spiro atoms. The van der Waals surface area contributed by atoms with Gasteiger partial charge in [-0.15, -0.1) is 40.9 Å². The lowest BCUT2D eigenvalue weighted by Gasteiger charge is -2.22. The second kappa shape index (κ2) is 5.18. The molecular weight excluding hydrogens is 368 g/mol. The molecule has 0 aromatic carbocycles. The first-order valence-electron chi connectivity index (χ1n) is 9.11. The first kappa shape index (κ1) is 17.3. The summed E-state index contributed by atoms with van der Waals surface area (Å²) in [6.07, 6.45) is 2.57. The van der Waals surface area contributed by atoms with Gasteiger partial charge < -0.3 is 10.2 Å². The zero-order chi connectivity index (χ0) is 19.7. The maximum absolute atomic E-state index is 13.2. The van der Waals surface area contributed by atoms with Gasteiger partial charge in [-0.1, -0.05) is 12.8 Å². The zero-order valence-corrected chi connectivity index (χ0v) is 14.7. The Morgan fingerprint density at radius 3 is 1.96 bits per heavy atom. The molecule has 0 unspecified atom stereocenters. The molecule has 5 aliphatic rings. The molecule has 12 nitrogen and oxygen atoms in total. The van der Waals surface area contributed by atoms with E-state index in [-0.39, 0.29) is 6.42 Å². The summed E-state index contributed by atoms with van der Waals surface area (Å²) in [7, 11) is 0. The fraction of sp³-hybridized carbons (Fsp3) is 0.750. The van der Waals surface area contributed by atoms with Crippen LogP contribution >= 0.6 is 0 Å². The van der Waals surface area contributed by atoms with Crippen molar-refractivity contribution in [2.45, 2.75) is 73.4 Å². The molecule has 0 aromatic rings. The van der Waals surface area contributed by atoms with Gasteiger partial charge in [0.25, 0.3) is 5.66 Å². The molecule has 0 atom stereocenters. The highest BCUT2D eigenvalue weighted by Gasteiger charge is 2.87. The largest absolute Gasteiger partial charge is 0.365 e. The zero-order valence-electron chi connectivity index (χ0n) is 14.7. The lowest BCUT2D eigenvalue weighted by atomic mass is 9.81. The third kappa shape index (κ3) is 2.39. The van der Waals surface area contributed by atoms with Gasteiger partial charge in [-0.2, -0.15) is 0 Å². The predicted molar refractivity (Wildman–Crippen MR) is 87.6 cm³/mol. The Bertz CT molecular complexity index is 945. The van der Waals surface area contributed by atoms with Crippen molar-refractivity contribution in [2.24, 2.45) is 40.9 Å². The number of ketones is 2. The summed E-state index contributed by atoms with van der Waals surface area (Å²) in [5, 5.41) is 51.4. The van der Waals surface area contributed by atoms with Crippen molar-refractivity contribution in [3.63, 3.8) is 0 Å². The molecule has 0 bridgehead atoms. The lowest BCUT2D eigenvalue weighted by Crippen LogP contribution is -2.54. The van der Waals surface area contributed by atoms with Gasteiger partial charge in [0.05, 0.1) is 6.42 Å². The van der Waals surface area contributed by atoms with E-state index in [2.05, 4.69) is 52.8 Å². The molecule has 0 saturated carbocycles. The Morgan fingerprint density at radius 1 is 0.786 bits per heavy atom. The number of aliphatic hydroxyl groups is 2. The Labute approximate surface area is 158 Å². The van der Waals surface area contributed by atoms with Gasteiger partial charge in [-0.05, 0) is 24.7 Å². The molecule has 0 fully saturated rings. The van der Waals surface area contributed by atoms with E-state index >= 15 is 0 Å². The van der Waals surface area contributed by atoms with E-state index < -0.39 is 46.4 Å². The number of fused-ring (bicyclic) bond motifs is 2. The number of rotatable bonds is 0. The Kier molecular flexibility index (Phi) is 3.20. The summed E-state index contributed by atoms with van der Waals surface area (Å²) in [6.45, 7) is 0. The van der Waals surface area contributed by atoms with Crippen LogP contribution in [0.2, 0.25) is 0 Å². The highest BCUT2D eigenvalue weighted by molar-refractivity contribution is 6.02. The van der Waals surface area contributed by atoms with Crippen LogP contribution in [0.3, 0.4) is 0 Å². The van der Waals surface area contributed by atoms with Crippen LogP contribution in [0.5, 0.6) is 0 Å². The molecule has 0 saturated heterocycles. The second-order valence-corrected chi connectivity index (χ2v) is 7.71. The number of carbonyl (C=O) groups excluding carboxylic acids is 2. The monoisotopic (exact) mass is 384 g/mol. The average molecular weight is 384 g/mol. The van der Waals surface area contributed by atoms with Crippen LogP contribution in [-0.2, 0) is 9.59 Å². The molecule has 0 radical (unpaired) electrons. The average Bonchev–Trinajstić information content (AvgIpc) is 3.51. The first-order valence-corrected chi connectivity index (χ1v) is 9.11. The molecule has 12 heteroatoms. The summed E-state index contributed by atoms with van der Waals surface area (Å²) in [5.41, 5.74) is -5.88. The number of Topliss-reactive ketones (excluding diaryl/α,β-unsaturated/α-hetero) is 2. The fourth-order valence-corrected chi connectivity index (χ4v) is 3.66. The third-order valence-electron chi connectivity index (χ3n) is 5.57. The number of hydrogen-bond acceptors (Lipinski definition) is 12. The molecule has 144 valence electrons. The minimum atomic E-state index is -2.12. The summed E-state index contributed by atoms with van der Waals surface area (Å²) in [4.78, 5) is 25.3. The normalized spacial score (nSPS) is 31.2. The van der Waals surface area contributed by atoms with E-state index in [1.165, 1.54) is 0 Å². The van der Waals surface area contributed by atoms with Gasteiger partial charge in [-0.25, -0.2) is 0 Å². The molecule has 5 rings (SSSR count). The van der Waals surface area contributed by atoms with Crippen molar-refractivity contribution >= 4 is 11.6 Å². The molecule has 4 aliphatic heterocycles. The van der Waals surface area contributed by atoms with Crippen molar-refractivity contribution in [3.8, 4) is 11.8 Å². The molecule has 2 N–H and O–H groups in total. The van der Waals surface area contributed by atoms with Gasteiger partial charge in [0.2, 0.25) is 11.6 Å². The molecule has 28 heavy (non-hydrogen) atoms. The van der Waals surface area contributed by atoms with Gasteiger partial charge in [0, 0.05) is 12.8 Å². The SMILES string of the molecule is O=C1C#CC2(N=N2)C2(N=N2)C2(N=N2)C(=O)C2(CCCCCCC(O)(O)C1)N=N2. The standard InChI is InChI=1S/C16H16N8O4/c25-10-5-8-14(19-20-14)16(23-24-16)15(21-22-15)11(26)13(17-18-13)7-4-2-1-3-6-12(27,28)9-10/h27-28H,1-4,6-7,9H2. The summed E-state index contributed by atoms with van der Waals surface area (Å²) in [6, 6.07) is 0. The minimum absolute atomic E-state index is 0.0502. The van der Waals surface area contributed by atoms with Crippen molar-refractivity contribution in [1.82, 2.24) is 0 Å². The summed E-state index contributed by atoms with van der Waals surface area (Å²) >= 11 is 0. The lowest BCUT2D eigenvalue weighted by molar-refractivity contribution is -0.173. The highest BCUT2D eigenvalue weighted by atomic mass is 16.5. The van der Waals surface area contributed by atoms with Crippen LogP contribution in [0.4, 0.5) is 0 Å². The number of nitrogens with zero attached hydrogens (tertiary/aromatic N) is 8. The van der Waals surface area contributed by atoms with E-state index in [1.54, 1.807) is 0 Å². The smallest absolute Gasteiger partial charge is 0.306 e. The van der Waals surface area contributed by atoms with Crippen molar-refractivity contribution in [2.75, 3.05) is 0 Å². The quantitative estimate of drug-likeness (QED) is 0.363. The molecule has 0 amide bonds. The molecule has 0 aromatic heterocycles. The molecule has 4 heterocycles. The van der Waals surface area contributed by atoms with Crippen LogP contribution < -0.4 is 0 Å². The van der Waals surface area contributed by atoms with E-state index in [0.717, 1.165) is 6.42 Å². The van der Waals surface area contributed by atoms with Gasteiger partial charge in [0.15, 0.2) is 5.79 Å². The molecule has 1 aliphatic carbocycles. The van der Waals surface area contributed by atoms with Crippen molar-refractivity contribution < 1.29 is 19.8 Å². The van der Waals surface area contributed by atoms with Gasteiger partial charge in [0.1, 0.15) is 0 Å². The Balaban J connectivity index is 1.45. The fourth-order valence-electron chi connectivity index (χ4n) is 3.66. The maximum atomic E-state index is 13.2. The minimum Gasteiger partial charge on any atom is -0.365 e. The van der Waals surface area contributed by atoms with Gasteiger partial charge >= 0.3 is 17.0 Å². The third-order valence-corrected chi connectivity index (χ3v) is 5.57. The van der Waals surface area contributed by atoms with Crippen molar-refractivity contribution in [1.29, 1.82) is 0 Å². The van der Waals surface area contributed by atoms with E-state index in [9.17, 15) is 19.8 Å². The number of hydrogen-bond donors (Lipinski definition) is 2. The van der Waals surface area contributed by atoms with E-state index in [4.69, 9.17) is 0 Å². The summed E-state index contributed by atoms with van der Waals surface area (Å²) in [5.74, 6) is 1.68. The van der Waals surface area contributed by atoms with Crippen LogP contribution in [0, 0.1) is 11.8 Å². The van der Waals surface area contributed by atoms with Crippen molar-refractivity contribution in [3.05, 3.63) is 0 Å². The van der Waals surface area contributed by atoms with Crippen LogP contribution in [0.15, 0.2) is 40.9 Å². The molecular formula is C16H16N8O4.